The van der Waals surface area contributed by atoms with Gasteiger partial charge in [-0.2, -0.15) is 0 Å². The maximum atomic E-state index is 5.65. The molecule has 1 fully saturated rings. The summed E-state index contributed by atoms with van der Waals surface area (Å²) in [4.78, 5) is 5.86. The second-order valence-electron chi connectivity index (χ2n) is 4.31. The standard InChI is InChI=1S/C13H15NO2S2/c1-9-12(4-6-15-9)17-7-10-8-18-13(14-10)11-3-2-5-16-11/h4,6,8,11H,2-3,5,7H2,1H3/t11-/m0/s1. The first-order valence-electron chi connectivity index (χ1n) is 6.06. The molecule has 3 rings (SSSR count). The fourth-order valence-electron chi connectivity index (χ4n) is 1.98. The van der Waals surface area contributed by atoms with Crippen molar-refractivity contribution in [3.8, 4) is 0 Å². The first-order valence-corrected chi connectivity index (χ1v) is 7.92. The van der Waals surface area contributed by atoms with E-state index in [0.29, 0.717) is 0 Å². The van der Waals surface area contributed by atoms with Gasteiger partial charge in [-0.25, -0.2) is 4.98 Å². The molecule has 18 heavy (non-hydrogen) atoms. The van der Waals surface area contributed by atoms with Gasteiger partial charge in [0, 0.05) is 22.6 Å². The van der Waals surface area contributed by atoms with Crippen molar-refractivity contribution in [3.63, 3.8) is 0 Å². The Kier molecular flexibility index (Phi) is 3.72. The highest BCUT2D eigenvalue weighted by molar-refractivity contribution is 7.98. The molecular weight excluding hydrogens is 266 g/mol. The van der Waals surface area contributed by atoms with Crippen LogP contribution in [0.2, 0.25) is 0 Å². The number of hydrogen-bond donors (Lipinski definition) is 0. The van der Waals surface area contributed by atoms with Crippen molar-refractivity contribution in [1.82, 2.24) is 4.98 Å². The third-order valence-corrected chi connectivity index (χ3v) is 5.12. The molecule has 5 heteroatoms. The molecule has 1 atom stereocenters. The summed E-state index contributed by atoms with van der Waals surface area (Å²) in [5.74, 6) is 1.87. The summed E-state index contributed by atoms with van der Waals surface area (Å²) in [5, 5.41) is 3.27. The lowest BCUT2D eigenvalue weighted by molar-refractivity contribution is 0.111. The number of furan rings is 1. The van der Waals surface area contributed by atoms with Crippen molar-refractivity contribution in [2.24, 2.45) is 0 Å². The van der Waals surface area contributed by atoms with E-state index in [-0.39, 0.29) is 6.10 Å². The van der Waals surface area contributed by atoms with Gasteiger partial charge in [0.2, 0.25) is 0 Å². The van der Waals surface area contributed by atoms with Crippen LogP contribution < -0.4 is 0 Å². The summed E-state index contributed by atoms with van der Waals surface area (Å²) in [6.07, 6.45) is 4.24. The summed E-state index contributed by atoms with van der Waals surface area (Å²) in [7, 11) is 0. The van der Waals surface area contributed by atoms with Crippen molar-refractivity contribution < 1.29 is 9.15 Å². The predicted molar refractivity (Wildman–Crippen MR) is 73.0 cm³/mol. The lowest BCUT2D eigenvalue weighted by Gasteiger charge is -2.03. The van der Waals surface area contributed by atoms with Crippen molar-refractivity contribution in [2.45, 2.75) is 36.5 Å². The van der Waals surface area contributed by atoms with Gasteiger partial charge in [-0.3, -0.25) is 0 Å². The van der Waals surface area contributed by atoms with Crippen molar-refractivity contribution in [1.29, 1.82) is 0 Å². The van der Waals surface area contributed by atoms with Crippen LogP contribution >= 0.6 is 23.1 Å². The van der Waals surface area contributed by atoms with E-state index in [2.05, 4.69) is 10.4 Å². The molecule has 0 bridgehead atoms. The summed E-state index contributed by atoms with van der Waals surface area (Å²) < 4.78 is 10.9. The highest BCUT2D eigenvalue weighted by Crippen LogP contribution is 2.32. The molecule has 3 nitrogen and oxygen atoms in total. The fraction of sp³-hybridized carbons (Fsp3) is 0.462. The summed E-state index contributed by atoms with van der Waals surface area (Å²) >= 11 is 3.49. The zero-order valence-corrected chi connectivity index (χ0v) is 11.9. The first kappa shape index (κ1) is 12.3. The fourth-order valence-corrected chi connectivity index (χ4v) is 3.84. The molecule has 0 N–H and O–H groups in total. The Balaban J connectivity index is 1.61. The normalized spacial score (nSPS) is 19.5. The number of aryl methyl sites for hydroxylation is 1. The highest BCUT2D eigenvalue weighted by atomic mass is 32.2. The number of rotatable bonds is 4. The Morgan fingerprint density at radius 2 is 2.50 bits per heavy atom. The maximum Gasteiger partial charge on any atom is 0.122 e. The van der Waals surface area contributed by atoms with Crippen LogP contribution in [0.3, 0.4) is 0 Å². The van der Waals surface area contributed by atoms with Crippen molar-refractivity contribution >= 4 is 23.1 Å². The summed E-state index contributed by atoms with van der Waals surface area (Å²) in [6.45, 7) is 2.86. The quantitative estimate of drug-likeness (QED) is 0.787. The van der Waals surface area contributed by atoms with E-state index in [1.807, 2.05) is 13.0 Å². The number of hydrogen-bond acceptors (Lipinski definition) is 5. The first-order chi connectivity index (χ1) is 8.83. The SMILES string of the molecule is Cc1occc1SCc1csc([C@@H]2CCCO2)n1. The Bertz CT molecular complexity index is 515. The van der Waals surface area contributed by atoms with E-state index in [1.165, 1.54) is 4.90 Å². The molecular formula is C13H15NO2S2. The molecule has 0 aromatic carbocycles. The monoisotopic (exact) mass is 281 g/mol. The molecule has 0 amide bonds. The molecule has 1 saturated heterocycles. The second-order valence-corrected chi connectivity index (χ2v) is 6.22. The molecule has 2 aromatic heterocycles. The number of aromatic nitrogens is 1. The van der Waals surface area contributed by atoms with Gasteiger partial charge in [-0.15, -0.1) is 23.1 Å². The largest absolute Gasteiger partial charge is 0.468 e. The van der Waals surface area contributed by atoms with Gasteiger partial charge in [-0.05, 0) is 25.8 Å². The van der Waals surface area contributed by atoms with Gasteiger partial charge in [0.15, 0.2) is 0 Å². The lowest BCUT2D eigenvalue weighted by atomic mass is 10.2. The number of thioether (sulfide) groups is 1. The Hall–Kier alpha value is -0.780. The number of ether oxygens (including phenoxy) is 1. The molecule has 1 aliphatic rings. The van der Waals surface area contributed by atoms with Gasteiger partial charge in [0.25, 0.3) is 0 Å². The van der Waals surface area contributed by atoms with E-state index in [9.17, 15) is 0 Å². The minimum absolute atomic E-state index is 0.240. The van der Waals surface area contributed by atoms with Crippen molar-refractivity contribution in [3.05, 3.63) is 34.2 Å². The number of nitrogens with zero attached hydrogens (tertiary/aromatic N) is 1. The molecule has 0 radical (unpaired) electrons. The highest BCUT2D eigenvalue weighted by Gasteiger charge is 2.20. The number of thiazole rings is 1. The van der Waals surface area contributed by atoms with Gasteiger partial charge < -0.3 is 9.15 Å². The van der Waals surface area contributed by atoms with Crippen LogP contribution in [-0.4, -0.2) is 11.6 Å². The van der Waals surface area contributed by atoms with Crippen LogP contribution in [0.15, 0.2) is 27.0 Å². The summed E-state index contributed by atoms with van der Waals surface area (Å²) in [6, 6.07) is 2.01. The van der Waals surface area contributed by atoms with Gasteiger partial charge in [-0.1, -0.05) is 0 Å². The molecule has 2 aromatic rings. The third-order valence-electron chi connectivity index (χ3n) is 2.96. The Morgan fingerprint density at radius 3 is 3.22 bits per heavy atom. The van der Waals surface area contributed by atoms with E-state index in [0.717, 1.165) is 41.7 Å². The Labute approximate surface area is 115 Å². The van der Waals surface area contributed by atoms with Crippen LogP contribution in [0.4, 0.5) is 0 Å². The van der Waals surface area contributed by atoms with Crippen LogP contribution in [-0.2, 0) is 10.5 Å². The molecule has 1 aliphatic heterocycles. The average Bonchev–Trinajstić information content (AvgIpc) is 3.08. The molecule has 0 spiro atoms. The predicted octanol–water partition coefficient (Wildman–Crippen LogP) is 4.19. The average molecular weight is 281 g/mol. The molecule has 3 heterocycles. The van der Waals surface area contributed by atoms with Crippen molar-refractivity contribution in [2.75, 3.05) is 6.61 Å². The molecule has 96 valence electrons. The van der Waals surface area contributed by atoms with Gasteiger partial charge in [0.05, 0.1) is 12.0 Å². The minimum atomic E-state index is 0.240. The van der Waals surface area contributed by atoms with Gasteiger partial charge in [0.1, 0.15) is 16.9 Å². The zero-order chi connectivity index (χ0) is 12.4. The minimum Gasteiger partial charge on any atom is -0.468 e. The Morgan fingerprint density at radius 1 is 1.56 bits per heavy atom. The van der Waals surface area contributed by atoms with E-state index < -0.39 is 0 Å². The van der Waals surface area contributed by atoms with E-state index in [1.54, 1.807) is 29.4 Å². The van der Waals surface area contributed by atoms with Crippen LogP contribution in [0.5, 0.6) is 0 Å². The van der Waals surface area contributed by atoms with Crippen LogP contribution in [0, 0.1) is 6.92 Å². The molecule has 0 unspecified atom stereocenters. The smallest absolute Gasteiger partial charge is 0.122 e. The summed E-state index contributed by atoms with van der Waals surface area (Å²) in [5.41, 5.74) is 1.14. The lowest BCUT2D eigenvalue weighted by Crippen LogP contribution is -1.95. The molecule has 0 saturated carbocycles. The zero-order valence-electron chi connectivity index (χ0n) is 10.2. The van der Waals surface area contributed by atoms with E-state index >= 15 is 0 Å². The van der Waals surface area contributed by atoms with Crippen LogP contribution in [0.25, 0.3) is 0 Å². The van der Waals surface area contributed by atoms with E-state index in [4.69, 9.17) is 9.15 Å². The second kappa shape index (κ2) is 5.47. The third kappa shape index (κ3) is 2.63. The maximum absolute atomic E-state index is 5.65. The van der Waals surface area contributed by atoms with Crippen LogP contribution in [0.1, 0.15) is 35.4 Å². The topological polar surface area (TPSA) is 35.3 Å². The molecule has 0 aliphatic carbocycles. The van der Waals surface area contributed by atoms with Gasteiger partial charge >= 0.3 is 0 Å².